The number of carbonyl (C=O) groups is 1. The lowest BCUT2D eigenvalue weighted by molar-refractivity contribution is 0.0602. The first-order valence-electron chi connectivity index (χ1n) is 6.06. The molecule has 1 aromatic carbocycles. The highest BCUT2D eigenvalue weighted by molar-refractivity contribution is 6.04. The molecular formula is C14H15NO5. The van der Waals surface area contributed by atoms with E-state index in [4.69, 9.17) is 9.47 Å². The van der Waals surface area contributed by atoms with Gasteiger partial charge in [0, 0.05) is 18.1 Å². The van der Waals surface area contributed by atoms with Crippen molar-refractivity contribution >= 4 is 16.7 Å². The first-order valence-corrected chi connectivity index (χ1v) is 6.06. The van der Waals surface area contributed by atoms with Crippen molar-refractivity contribution in [3.63, 3.8) is 0 Å². The number of ether oxygens (including phenoxy) is 2. The van der Waals surface area contributed by atoms with E-state index in [0.717, 1.165) is 0 Å². The number of aromatic nitrogens is 1. The maximum Gasteiger partial charge on any atom is 0.339 e. The topological polar surface area (TPSA) is 77.8 Å². The molecule has 0 saturated heterocycles. The van der Waals surface area contributed by atoms with Crippen LogP contribution in [0.1, 0.15) is 17.3 Å². The first-order chi connectivity index (χ1) is 9.53. The Bertz CT molecular complexity index is 732. The van der Waals surface area contributed by atoms with Crippen LogP contribution in [0.5, 0.6) is 11.5 Å². The molecule has 1 heterocycles. The fourth-order valence-corrected chi connectivity index (χ4v) is 2.08. The zero-order valence-corrected chi connectivity index (χ0v) is 11.5. The summed E-state index contributed by atoms with van der Waals surface area (Å²) >= 11 is 0. The second kappa shape index (κ2) is 5.24. The Kier molecular flexibility index (Phi) is 3.65. The highest BCUT2D eigenvalue weighted by atomic mass is 16.5. The van der Waals surface area contributed by atoms with Crippen molar-refractivity contribution in [1.82, 2.24) is 4.57 Å². The predicted molar refractivity (Wildman–Crippen MR) is 73.4 cm³/mol. The van der Waals surface area contributed by atoms with E-state index in [2.05, 4.69) is 0 Å². The lowest BCUT2D eigenvalue weighted by Crippen LogP contribution is -2.21. The van der Waals surface area contributed by atoms with Gasteiger partial charge in [-0.2, -0.15) is 0 Å². The number of aryl methyl sites for hydroxylation is 1. The number of phenolic OH excluding ortho intramolecular Hbond substituents is 1. The Morgan fingerprint density at radius 3 is 2.55 bits per heavy atom. The van der Waals surface area contributed by atoms with Crippen molar-refractivity contribution < 1.29 is 19.4 Å². The van der Waals surface area contributed by atoms with Gasteiger partial charge in [-0.15, -0.1) is 0 Å². The zero-order valence-electron chi connectivity index (χ0n) is 11.5. The van der Waals surface area contributed by atoms with Crippen LogP contribution in [0.4, 0.5) is 0 Å². The fourth-order valence-electron chi connectivity index (χ4n) is 2.08. The minimum absolute atomic E-state index is 0.140. The first kappa shape index (κ1) is 13.9. The number of hydrogen-bond donors (Lipinski definition) is 1. The largest absolute Gasteiger partial charge is 0.504 e. The Hall–Kier alpha value is -2.50. The number of esters is 1. The second-order valence-corrected chi connectivity index (χ2v) is 4.20. The molecule has 2 aromatic rings. The lowest BCUT2D eigenvalue weighted by atomic mass is 10.1. The summed E-state index contributed by atoms with van der Waals surface area (Å²) < 4.78 is 11.1. The van der Waals surface area contributed by atoms with Gasteiger partial charge in [0.25, 0.3) is 5.56 Å². The number of methoxy groups -OCH3 is 2. The SMILES string of the molecule is CCn1cc(C(=O)OC)c2cc(O)c(OC)cc2c1=O. The molecular weight excluding hydrogens is 262 g/mol. The van der Waals surface area contributed by atoms with Crippen molar-refractivity contribution in [2.75, 3.05) is 14.2 Å². The standard InChI is InChI=1S/C14H15NO5/c1-4-15-7-10(14(18)20-3)8-5-11(16)12(19-2)6-9(8)13(15)17/h5-7,16H,4H2,1-3H3. The Balaban J connectivity index is 2.93. The molecule has 0 unspecified atom stereocenters. The van der Waals surface area contributed by atoms with Gasteiger partial charge >= 0.3 is 5.97 Å². The number of aromatic hydroxyl groups is 1. The smallest absolute Gasteiger partial charge is 0.339 e. The number of rotatable bonds is 3. The van der Waals surface area contributed by atoms with Crippen LogP contribution < -0.4 is 10.3 Å². The summed E-state index contributed by atoms with van der Waals surface area (Å²) in [5, 5.41) is 10.5. The molecule has 6 nitrogen and oxygen atoms in total. The minimum atomic E-state index is -0.568. The van der Waals surface area contributed by atoms with Crippen LogP contribution in [0.3, 0.4) is 0 Å². The average Bonchev–Trinajstić information content (AvgIpc) is 2.46. The van der Waals surface area contributed by atoms with Gasteiger partial charge in [0.2, 0.25) is 0 Å². The van der Waals surface area contributed by atoms with Gasteiger partial charge in [0.1, 0.15) is 0 Å². The third-order valence-corrected chi connectivity index (χ3v) is 3.13. The third-order valence-electron chi connectivity index (χ3n) is 3.13. The van der Waals surface area contributed by atoms with E-state index >= 15 is 0 Å². The molecule has 0 spiro atoms. The van der Waals surface area contributed by atoms with Crippen LogP contribution in [0.25, 0.3) is 10.8 Å². The molecule has 0 saturated carbocycles. The van der Waals surface area contributed by atoms with Crippen molar-refractivity contribution in [2.24, 2.45) is 0 Å². The normalized spacial score (nSPS) is 10.6. The monoisotopic (exact) mass is 277 g/mol. The summed E-state index contributed by atoms with van der Waals surface area (Å²) in [5.41, 5.74) is -0.0321. The molecule has 20 heavy (non-hydrogen) atoms. The van der Waals surface area contributed by atoms with Gasteiger partial charge in [-0.1, -0.05) is 0 Å². The van der Waals surface area contributed by atoms with E-state index in [9.17, 15) is 14.7 Å². The average molecular weight is 277 g/mol. The fraction of sp³-hybridized carbons (Fsp3) is 0.286. The van der Waals surface area contributed by atoms with E-state index in [0.29, 0.717) is 17.3 Å². The Labute approximate surface area is 115 Å². The van der Waals surface area contributed by atoms with E-state index in [1.165, 1.54) is 37.1 Å². The molecule has 0 atom stereocenters. The van der Waals surface area contributed by atoms with Crippen molar-refractivity contribution in [2.45, 2.75) is 13.5 Å². The summed E-state index contributed by atoms with van der Waals surface area (Å²) in [4.78, 5) is 24.1. The van der Waals surface area contributed by atoms with E-state index in [1.807, 2.05) is 0 Å². The van der Waals surface area contributed by atoms with Crippen LogP contribution in [-0.2, 0) is 11.3 Å². The van der Waals surface area contributed by atoms with Crippen LogP contribution in [0, 0.1) is 0 Å². The summed E-state index contributed by atoms with van der Waals surface area (Å²) in [5.74, 6) is -0.528. The third kappa shape index (κ3) is 2.09. The number of hydrogen-bond acceptors (Lipinski definition) is 5. The van der Waals surface area contributed by atoms with Crippen LogP contribution in [0.2, 0.25) is 0 Å². The van der Waals surface area contributed by atoms with Gasteiger partial charge in [-0.25, -0.2) is 4.79 Å². The van der Waals surface area contributed by atoms with E-state index in [1.54, 1.807) is 6.92 Å². The molecule has 0 bridgehead atoms. The molecule has 6 heteroatoms. The molecule has 0 aliphatic heterocycles. The number of phenols is 1. The molecule has 0 radical (unpaired) electrons. The molecule has 0 aliphatic carbocycles. The Morgan fingerprint density at radius 1 is 1.30 bits per heavy atom. The van der Waals surface area contributed by atoms with Gasteiger partial charge in [-0.05, 0) is 19.1 Å². The Morgan fingerprint density at radius 2 is 2.00 bits per heavy atom. The quantitative estimate of drug-likeness (QED) is 0.861. The molecule has 1 N–H and O–H groups in total. The van der Waals surface area contributed by atoms with Crippen molar-refractivity contribution in [3.8, 4) is 11.5 Å². The summed E-state index contributed by atoms with van der Waals surface area (Å²) in [6.45, 7) is 2.22. The molecule has 2 rings (SSSR count). The van der Waals surface area contributed by atoms with Crippen LogP contribution in [-0.4, -0.2) is 29.9 Å². The maximum atomic E-state index is 12.3. The maximum absolute atomic E-state index is 12.3. The summed E-state index contributed by atoms with van der Waals surface area (Å²) in [7, 11) is 2.66. The molecule has 0 amide bonds. The van der Waals surface area contributed by atoms with Crippen LogP contribution >= 0.6 is 0 Å². The highest BCUT2D eigenvalue weighted by Gasteiger charge is 2.17. The lowest BCUT2D eigenvalue weighted by Gasteiger charge is -2.11. The number of carbonyl (C=O) groups excluding carboxylic acids is 1. The van der Waals surface area contributed by atoms with Crippen molar-refractivity contribution in [3.05, 3.63) is 34.2 Å². The number of pyridine rings is 1. The van der Waals surface area contributed by atoms with Gasteiger partial charge < -0.3 is 19.1 Å². The van der Waals surface area contributed by atoms with Crippen LogP contribution in [0.15, 0.2) is 23.1 Å². The van der Waals surface area contributed by atoms with Gasteiger partial charge in [-0.3, -0.25) is 4.79 Å². The number of benzene rings is 1. The minimum Gasteiger partial charge on any atom is -0.504 e. The summed E-state index contributed by atoms with van der Waals surface area (Å²) in [6.07, 6.45) is 1.43. The summed E-state index contributed by atoms with van der Waals surface area (Å²) in [6, 6.07) is 2.76. The molecule has 0 aliphatic rings. The second-order valence-electron chi connectivity index (χ2n) is 4.20. The predicted octanol–water partition coefficient (Wildman–Crippen LogP) is 1.52. The van der Waals surface area contributed by atoms with Crippen molar-refractivity contribution in [1.29, 1.82) is 0 Å². The molecule has 0 fully saturated rings. The number of nitrogens with zero attached hydrogens (tertiary/aromatic N) is 1. The highest BCUT2D eigenvalue weighted by Crippen LogP contribution is 2.31. The van der Waals surface area contributed by atoms with E-state index < -0.39 is 5.97 Å². The van der Waals surface area contributed by atoms with Gasteiger partial charge in [0.05, 0.1) is 25.2 Å². The van der Waals surface area contributed by atoms with E-state index in [-0.39, 0.29) is 22.6 Å². The van der Waals surface area contributed by atoms with Gasteiger partial charge in [0.15, 0.2) is 11.5 Å². The number of fused-ring (bicyclic) bond motifs is 1. The molecule has 106 valence electrons. The molecule has 1 aromatic heterocycles. The zero-order chi connectivity index (χ0) is 14.9.